The number of carbonyl (C=O) groups is 2. The summed E-state index contributed by atoms with van der Waals surface area (Å²) in [5.74, 6) is 0.464. The molecule has 7 nitrogen and oxygen atoms in total. The molecular weight excluding hydrogens is 434 g/mol. The molecule has 0 bridgehead atoms. The van der Waals surface area contributed by atoms with Gasteiger partial charge in [-0.15, -0.1) is 11.8 Å². The van der Waals surface area contributed by atoms with E-state index in [9.17, 15) is 9.59 Å². The van der Waals surface area contributed by atoms with Gasteiger partial charge in [0.25, 0.3) is 0 Å². The van der Waals surface area contributed by atoms with Crippen LogP contribution in [0.15, 0.2) is 29.4 Å². The highest BCUT2D eigenvalue weighted by atomic mass is 32.2. The van der Waals surface area contributed by atoms with E-state index in [1.807, 2.05) is 18.4 Å². The van der Waals surface area contributed by atoms with Crippen LogP contribution < -0.4 is 4.74 Å². The molecule has 0 aliphatic rings. The Kier molecular flexibility index (Phi) is 13.9. The van der Waals surface area contributed by atoms with E-state index >= 15 is 0 Å². The normalized spacial score (nSPS) is 11.2. The van der Waals surface area contributed by atoms with E-state index in [1.54, 1.807) is 19.1 Å². The zero-order valence-corrected chi connectivity index (χ0v) is 20.9. The number of rotatable bonds is 12. The fraction of sp³-hybridized carbons (Fsp3) is 0.591. The number of carbonyl (C=O) groups excluding carboxylic acids is 2. The Morgan fingerprint density at radius 1 is 0.935 bits per heavy atom. The topological polar surface area (TPSA) is 71.4 Å². The Morgan fingerprint density at radius 3 is 2.13 bits per heavy atom. The van der Waals surface area contributed by atoms with E-state index in [0.717, 1.165) is 22.9 Å². The van der Waals surface area contributed by atoms with E-state index in [0.29, 0.717) is 10.8 Å². The average Bonchev–Trinajstić information content (AvgIpc) is 2.77. The minimum Gasteiger partial charge on any atom is -0.410 e. The van der Waals surface area contributed by atoms with Crippen LogP contribution in [0, 0.1) is 0 Å². The van der Waals surface area contributed by atoms with Crippen LogP contribution in [0.2, 0.25) is 0 Å². The summed E-state index contributed by atoms with van der Waals surface area (Å²) in [6.07, 6.45) is 10.6. The molecule has 0 heterocycles. The molecule has 0 aromatic heterocycles. The number of aryl methyl sites for hydroxylation is 1. The first-order valence-corrected chi connectivity index (χ1v) is 12.6. The van der Waals surface area contributed by atoms with Crippen molar-refractivity contribution in [3.63, 3.8) is 0 Å². The number of oxime groups is 1. The van der Waals surface area contributed by atoms with Gasteiger partial charge in [0.15, 0.2) is 0 Å². The highest BCUT2D eigenvalue weighted by Gasteiger charge is 2.19. The summed E-state index contributed by atoms with van der Waals surface area (Å²) in [6.45, 7) is 3.96. The first kappa shape index (κ1) is 27.2. The summed E-state index contributed by atoms with van der Waals surface area (Å²) >= 11 is 2.23. The third-order valence-electron chi connectivity index (χ3n) is 4.50. The van der Waals surface area contributed by atoms with Crippen molar-refractivity contribution in [2.45, 2.75) is 65.2 Å². The molecule has 0 saturated heterocycles. The summed E-state index contributed by atoms with van der Waals surface area (Å²) in [7, 11) is 3.00. The molecule has 1 aromatic rings. The second-order valence-electron chi connectivity index (χ2n) is 7.13. The summed E-state index contributed by atoms with van der Waals surface area (Å²) in [5.41, 5.74) is 1.24. The lowest BCUT2D eigenvalue weighted by Gasteiger charge is -2.20. The zero-order chi connectivity index (χ0) is 23.1. The summed E-state index contributed by atoms with van der Waals surface area (Å²) in [6, 6.07) is 7.57. The Bertz CT molecular complexity index is 699. The van der Waals surface area contributed by atoms with E-state index in [2.05, 4.69) is 12.1 Å². The van der Waals surface area contributed by atoms with Crippen molar-refractivity contribution in [3.05, 3.63) is 29.8 Å². The van der Waals surface area contributed by atoms with E-state index < -0.39 is 12.2 Å². The SMILES string of the molecule is CCCCCCCCCc1ccc(OC(=O)N(C)SN(C)C(=O)O/N=C(/C)SC)cc1. The molecule has 0 spiro atoms. The molecule has 2 amide bonds. The van der Waals surface area contributed by atoms with Gasteiger partial charge in [-0.3, -0.25) is 4.84 Å². The molecule has 0 atom stereocenters. The fourth-order valence-corrected chi connectivity index (χ4v) is 3.31. The van der Waals surface area contributed by atoms with Crippen LogP contribution in [0.3, 0.4) is 0 Å². The molecule has 0 fully saturated rings. The number of thioether (sulfide) groups is 1. The van der Waals surface area contributed by atoms with Crippen molar-refractivity contribution >= 4 is 41.1 Å². The number of unbranched alkanes of at least 4 members (excludes halogenated alkanes) is 6. The van der Waals surface area contributed by atoms with Crippen molar-refractivity contribution in [2.75, 3.05) is 20.4 Å². The second-order valence-corrected chi connectivity index (χ2v) is 9.39. The van der Waals surface area contributed by atoms with Crippen molar-refractivity contribution in [3.8, 4) is 5.75 Å². The summed E-state index contributed by atoms with van der Waals surface area (Å²) in [5, 5.41) is 4.30. The minimum absolute atomic E-state index is 0.464. The van der Waals surface area contributed by atoms with Crippen LogP contribution in [0.25, 0.3) is 0 Å². The highest BCUT2D eigenvalue weighted by molar-refractivity contribution is 8.13. The van der Waals surface area contributed by atoms with E-state index in [4.69, 9.17) is 9.57 Å². The van der Waals surface area contributed by atoms with Gasteiger partial charge in [0.1, 0.15) is 10.8 Å². The molecule has 0 unspecified atom stereocenters. The van der Waals surface area contributed by atoms with E-state index in [-0.39, 0.29) is 0 Å². The van der Waals surface area contributed by atoms with Crippen molar-refractivity contribution < 1.29 is 19.2 Å². The smallest absolute Gasteiger partial charge is 0.410 e. The molecule has 9 heteroatoms. The third-order valence-corrected chi connectivity index (χ3v) is 5.96. The quantitative estimate of drug-likeness (QED) is 0.0843. The lowest BCUT2D eigenvalue weighted by atomic mass is 10.0. The molecular formula is C22H35N3O4S2. The number of benzene rings is 1. The average molecular weight is 470 g/mol. The van der Waals surface area contributed by atoms with Gasteiger partial charge in [0, 0.05) is 14.1 Å². The number of nitrogens with zero attached hydrogens (tertiary/aromatic N) is 3. The van der Waals surface area contributed by atoms with Gasteiger partial charge in [-0.25, -0.2) is 18.2 Å². The third kappa shape index (κ3) is 11.9. The molecule has 1 rings (SSSR count). The number of hydrogen-bond acceptors (Lipinski definition) is 7. The maximum atomic E-state index is 12.3. The summed E-state index contributed by atoms with van der Waals surface area (Å²) < 4.78 is 7.73. The van der Waals surface area contributed by atoms with Gasteiger partial charge in [-0.2, -0.15) is 0 Å². The fourth-order valence-electron chi connectivity index (χ4n) is 2.62. The number of amides is 2. The maximum Gasteiger partial charge on any atom is 0.447 e. The van der Waals surface area contributed by atoms with Crippen LogP contribution >= 0.6 is 23.9 Å². The highest BCUT2D eigenvalue weighted by Crippen LogP contribution is 2.19. The van der Waals surface area contributed by atoms with Crippen LogP contribution in [-0.4, -0.2) is 46.2 Å². The Balaban J connectivity index is 2.36. The monoisotopic (exact) mass is 469 g/mol. The maximum absolute atomic E-state index is 12.3. The predicted molar refractivity (Wildman–Crippen MR) is 130 cm³/mol. The molecule has 0 aliphatic carbocycles. The second kappa shape index (κ2) is 15.9. The van der Waals surface area contributed by atoms with Crippen LogP contribution in [0.4, 0.5) is 9.59 Å². The van der Waals surface area contributed by atoms with Gasteiger partial charge >= 0.3 is 12.2 Å². The lowest BCUT2D eigenvalue weighted by molar-refractivity contribution is 0.136. The first-order chi connectivity index (χ1) is 14.9. The molecule has 31 heavy (non-hydrogen) atoms. The van der Waals surface area contributed by atoms with Gasteiger partial charge in [-0.1, -0.05) is 62.7 Å². The summed E-state index contributed by atoms with van der Waals surface area (Å²) in [4.78, 5) is 28.9. The van der Waals surface area contributed by atoms with Crippen LogP contribution in [-0.2, 0) is 11.3 Å². The largest absolute Gasteiger partial charge is 0.447 e. The van der Waals surface area contributed by atoms with E-state index in [1.165, 1.54) is 80.7 Å². The lowest BCUT2D eigenvalue weighted by Crippen LogP contribution is -2.30. The van der Waals surface area contributed by atoms with Crippen molar-refractivity contribution in [2.24, 2.45) is 5.16 Å². The number of ether oxygens (including phenoxy) is 1. The Hall–Kier alpha value is -1.87. The molecule has 0 aliphatic heterocycles. The predicted octanol–water partition coefficient (Wildman–Crippen LogP) is 6.74. The van der Waals surface area contributed by atoms with Crippen LogP contribution in [0.5, 0.6) is 5.75 Å². The Morgan fingerprint density at radius 2 is 1.52 bits per heavy atom. The Labute approximate surface area is 195 Å². The minimum atomic E-state index is -0.687. The van der Waals surface area contributed by atoms with Gasteiger partial charge in [0.2, 0.25) is 0 Å². The molecule has 0 radical (unpaired) electrons. The van der Waals surface area contributed by atoms with Crippen molar-refractivity contribution in [1.82, 2.24) is 8.61 Å². The molecule has 0 saturated carbocycles. The standard InChI is InChI=1S/C22H35N3O4S2/c1-6-7-8-9-10-11-12-13-19-14-16-20(17-15-19)28-21(26)24(3)31-25(4)22(27)29-23-18(2)30-5/h14-17H,6-13H2,1-5H3/b23-18-. The molecule has 174 valence electrons. The van der Waals surface area contributed by atoms with Crippen LogP contribution in [0.1, 0.15) is 64.4 Å². The molecule has 1 aromatic carbocycles. The van der Waals surface area contributed by atoms with Gasteiger partial charge in [-0.05, 0) is 43.7 Å². The zero-order valence-electron chi connectivity index (χ0n) is 19.3. The van der Waals surface area contributed by atoms with Gasteiger partial charge in [0.05, 0.1) is 12.1 Å². The molecule has 0 N–H and O–H groups in total. The number of hydrogen-bond donors (Lipinski definition) is 0. The first-order valence-electron chi connectivity index (χ1n) is 10.6. The van der Waals surface area contributed by atoms with Gasteiger partial charge < -0.3 is 4.74 Å². The van der Waals surface area contributed by atoms with Crippen molar-refractivity contribution in [1.29, 1.82) is 0 Å².